The van der Waals surface area contributed by atoms with Gasteiger partial charge in [-0.05, 0) is 54.8 Å². The predicted molar refractivity (Wildman–Crippen MR) is 122 cm³/mol. The van der Waals surface area contributed by atoms with Crippen molar-refractivity contribution < 1.29 is 0 Å². The molecular weight excluding hydrogens is 392 g/mol. The van der Waals surface area contributed by atoms with Crippen LogP contribution < -0.4 is 0 Å². The molecule has 0 aliphatic heterocycles. The van der Waals surface area contributed by atoms with Crippen molar-refractivity contribution in [2.24, 2.45) is 0 Å². The van der Waals surface area contributed by atoms with Gasteiger partial charge in [0.25, 0.3) is 0 Å². The monoisotopic (exact) mass is 412 g/mol. The molecule has 0 fully saturated rings. The van der Waals surface area contributed by atoms with E-state index >= 15 is 0 Å². The highest BCUT2D eigenvalue weighted by molar-refractivity contribution is 6.30. The van der Waals surface area contributed by atoms with Gasteiger partial charge in [-0.1, -0.05) is 48.9 Å². The molecule has 0 amide bonds. The van der Waals surface area contributed by atoms with Gasteiger partial charge in [-0.25, -0.2) is 9.50 Å². The van der Waals surface area contributed by atoms with Crippen molar-refractivity contribution in [1.82, 2.24) is 19.2 Å². The van der Waals surface area contributed by atoms with Crippen LogP contribution in [0.4, 0.5) is 0 Å². The minimum atomic E-state index is 0.714. The fourth-order valence-corrected chi connectivity index (χ4v) is 3.97. The van der Waals surface area contributed by atoms with Crippen LogP contribution >= 0.6 is 11.6 Å². The first kappa shape index (κ1) is 18.6. The zero-order valence-corrected chi connectivity index (χ0v) is 17.6. The summed E-state index contributed by atoms with van der Waals surface area (Å²) in [4.78, 5) is 5.00. The van der Waals surface area contributed by atoms with E-state index < -0.39 is 0 Å². The molecule has 5 heteroatoms. The van der Waals surface area contributed by atoms with Crippen molar-refractivity contribution in [2.45, 2.75) is 20.3 Å². The third kappa shape index (κ3) is 3.19. The van der Waals surface area contributed by atoms with Crippen LogP contribution in [0, 0.1) is 6.92 Å². The summed E-state index contributed by atoms with van der Waals surface area (Å²) in [6, 6.07) is 22.6. The Bertz CT molecular complexity index is 1330. The molecule has 0 aliphatic rings. The van der Waals surface area contributed by atoms with Gasteiger partial charge < -0.3 is 4.57 Å². The summed E-state index contributed by atoms with van der Waals surface area (Å²) in [6.07, 6.45) is 5.01. The topological polar surface area (TPSA) is 35.1 Å². The molecule has 0 atom stereocenters. The average molecular weight is 413 g/mol. The van der Waals surface area contributed by atoms with Crippen LogP contribution in [0.2, 0.25) is 5.02 Å². The molecule has 0 radical (unpaired) electrons. The number of nitrogens with zero attached hydrogens (tertiary/aromatic N) is 4. The molecule has 0 unspecified atom stereocenters. The number of fused-ring (bicyclic) bond motifs is 1. The van der Waals surface area contributed by atoms with E-state index in [9.17, 15) is 0 Å². The van der Waals surface area contributed by atoms with Crippen molar-refractivity contribution in [3.63, 3.8) is 0 Å². The Balaban J connectivity index is 1.83. The molecule has 2 aromatic carbocycles. The molecule has 3 aromatic heterocycles. The van der Waals surface area contributed by atoms with Gasteiger partial charge in [0.05, 0.1) is 11.4 Å². The highest BCUT2D eigenvalue weighted by Crippen LogP contribution is 2.32. The van der Waals surface area contributed by atoms with Crippen molar-refractivity contribution >= 4 is 17.2 Å². The number of halogens is 1. The van der Waals surface area contributed by atoms with Crippen LogP contribution in [0.15, 0.2) is 79.1 Å². The zero-order valence-electron chi connectivity index (χ0n) is 16.9. The Kier molecular flexibility index (Phi) is 4.64. The summed E-state index contributed by atoms with van der Waals surface area (Å²) in [7, 11) is 0. The Morgan fingerprint density at radius 3 is 2.40 bits per heavy atom. The smallest absolute Gasteiger partial charge is 0.166 e. The quantitative estimate of drug-likeness (QED) is 0.343. The highest BCUT2D eigenvalue weighted by Gasteiger charge is 2.18. The molecule has 0 N–H and O–H groups in total. The molecule has 0 aliphatic carbocycles. The summed E-state index contributed by atoms with van der Waals surface area (Å²) in [5, 5.41) is 5.59. The first-order valence-corrected chi connectivity index (χ1v) is 10.4. The van der Waals surface area contributed by atoms with E-state index in [-0.39, 0.29) is 0 Å². The summed E-state index contributed by atoms with van der Waals surface area (Å²) in [5.74, 6) is 0.861. The molecule has 5 rings (SSSR count). The summed E-state index contributed by atoms with van der Waals surface area (Å²) < 4.78 is 3.99. The Hall–Kier alpha value is -3.37. The van der Waals surface area contributed by atoms with E-state index in [2.05, 4.69) is 37.3 Å². The summed E-state index contributed by atoms with van der Waals surface area (Å²) in [6.45, 7) is 4.20. The fourth-order valence-electron chi connectivity index (χ4n) is 3.84. The fraction of sp³-hybridized carbons (Fsp3) is 0.120. The molecule has 0 bridgehead atoms. The lowest BCUT2D eigenvalue weighted by Crippen LogP contribution is -2.02. The second-order valence-corrected chi connectivity index (χ2v) is 7.78. The maximum Gasteiger partial charge on any atom is 0.166 e. The summed E-state index contributed by atoms with van der Waals surface area (Å²) in [5.41, 5.74) is 7.27. The maximum atomic E-state index is 6.12. The lowest BCUT2D eigenvalue weighted by atomic mass is 10.0. The van der Waals surface area contributed by atoms with Gasteiger partial charge in [0.15, 0.2) is 5.65 Å². The third-order valence-electron chi connectivity index (χ3n) is 5.38. The van der Waals surface area contributed by atoms with E-state index in [0.29, 0.717) is 5.02 Å². The molecule has 4 nitrogen and oxygen atoms in total. The number of aromatic nitrogens is 4. The molecular formula is C25H21ClN4. The van der Waals surface area contributed by atoms with Crippen LogP contribution in [0.3, 0.4) is 0 Å². The first-order chi connectivity index (χ1) is 14.6. The van der Waals surface area contributed by atoms with E-state index in [0.717, 1.165) is 46.0 Å². The molecule has 148 valence electrons. The summed E-state index contributed by atoms with van der Waals surface area (Å²) >= 11 is 6.12. The number of benzene rings is 2. The van der Waals surface area contributed by atoms with Crippen LogP contribution in [0.5, 0.6) is 0 Å². The highest BCUT2D eigenvalue weighted by atomic mass is 35.5. The van der Waals surface area contributed by atoms with Gasteiger partial charge in [-0.2, -0.15) is 5.10 Å². The number of hydrogen-bond donors (Lipinski definition) is 0. The van der Waals surface area contributed by atoms with E-state index in [1.54, 1.807) is 0 Å². The van der Waals surface area contributed by atoms with Crippen molar-refractivity contribution in [2.75, 3.05) is 0 Å². The van der Waals surface area contributed by atoms with E-state index in [1.807, 2.05) is 64.8 Å². The zero-order chi connectivity index (χ0) is 20.7. The Morgan fingerprint density at radius 2 is 1.67 bits per heavy atom. The van der Waals surface area contributed by atoms with E-state index in [4.69, 9.17) is 21.7 Å². The second-order valence-electron chi connectivity index (χ2n) is 7.35. The molecule has 30 heavy (non-hydrogen) atoms. The van der Waals surface area contributed by atoms with Crippen LogP contribution in [-0.4, -0.2) is 19.2 Å². The van der Waals surface area contributed by atoms with Gasteiger partial charge >= 0.3 is 0 Å². The van der Waals surface area contributed by atoms with E-state index in [1.165, 1.54) is 5.56 Å². The molecule has 0 saturated heterocycles. The van der Waals surface area contributed by atoms with Gasteiger partial charge in [-0.3, -0.25) is 0 Å². The average Bonchev–Trinajstić information content (AvgIpc) is 3.41. The molecule has 5 aromatic rings. The Labute approximate surface area is 180 Å². The van der Waals surface area contributed by atoms with Crippen LogP contribution in [0.25, 0.3) is 33.8 Å². The maximum absolute atomic E-state index is 6.12. The van der Waals surface area contributed by atoms with Gasteiger partial charge in [0.1, 0.15) is 5.82 Å². The molecule has 0 saturated carbocycles. The largest absolute Gasteiger partial charge is 0.309 e. The first-order valence-electron chi connectivity index (χ1n) is 10.0. The lowest BCUT2D eigenvalue weighted by molar-refractivity contribution is 0.904. The molecule has 3 heterocycles. The van der Waals surface area contributed by atoms with Gasteiger partial charge in [-0.15, -0.1) is 0 Å². The Morgan fingerprint density at radius 1 is 0.900 bits per heavy atom. The third-order valence-corrected chi connectivity index (χ3v) is 5.64. The number of rotatable bonds is 4. The number of hydrogen-bond acceptors (Lipinski definition) is 2. The van der Waals surface area contributed by atoms with Crippen molar-refractivity contribution in [3.05, 3.63) is 95.4 Å². The second kappa shape index (κ2) is 7.47. The predicted octanol–water partition coefficient (Wildman–Crippen LogP) is 6.38. The SMILES string of the molecule is CCc1cccc(-c2cc(-n3cccc3)nc3c(-c4ccc(Cl)cc4)c(C)nn23)c1. The van der Waals surface area contributed by atoms with Gasteiger partial charge in [0, 0.05) is 34.6 Å². The normalized spacial score (nSPS) is 11.3. The number of aryl methyl sites for hydroxylation is 2. The lowest BCUT2D eigenvalue weighted by Gasteiger charge is -2.11. The van der Waals surface area contributed by atoms with Crippen LogP contribution in [0.1, 0.15) is 18.2 Å². The van der Waals surface area contributed by atoms with Crippen molar-refractivity contribution in [3.8, 4) is 28.2 Å². The minimum Gasteiger partial charge on any atom is -0.309 e. The standard InChI is InChI=1S/C25H21ClN4/c1-3-18-7-6-8-20(15-18)22-16-23(29-13-4-5-14-29)27-25-24(17(2)28-30(22)25)19-9-11-21(26)12-10-19/h4-16H,3H2,1-2H3. The van der Waals surface area contributed by atoms with Crippen LogP contribution in [-0.2, 0) is 6.42 Å². The van der Waals surface area contributed by atoms with Crippen molar-refractivity contribution in [1.29, 1.82) is 0 Å². The molecule has 0 spiro atoms. The minimum absolute atomic E-state index is 0.714. The van der Waals surface area contributed by atoms with Gasteiger partial charge in [0.2, 0.25) is 0 Å².